The first-order valence-corrected chi connectivity index (χ1v) is 6.77. The molecule has 0 aromatic heterocycles. The van der Waals surface area contributed by atoms with Crippen LogP contribution in [-0.4, -0.2) is 24.8 Å². The highest BCUT2D eigenvalue weighted by atomic mass is 19.1. The van der Waals surface area contributed by atoms with Gasteiger partial charge in [-0.1, -0.05) is 19.8 Å². The van der Waals surface area contributed by atoms with Gasteiger partial charge >= 0.3 is 0 Å². The molecule has 0 aliphatic carbocycles. The Hall–Kier alpha value is -1.91. The average Bonchev–Trinajstić information content (AvgIpc) is 2.45. The number of carbonyl (C=O) groups excluding carboxylic acids is 2. The fraction of sp³-hybridized carbons (Fsp3) is 0.467. The van der Waals surface area contributed by atoms with Crippen LogP contribution in [0.25, 0.3) is 0 Å². The summed E-state index contributed by atoms with van der Waals surface area (Å²) >= 11 is 0. The lowest BCUT2D eigenvalue weighted by atomic mass is 10.2. The van der Waals surface area contributed by atoms with E-state index in [1.54, 1.807) is 6.92 Å². The first-order chi connectivity index (χ1) is 9.58. The monoisotopic (exact) mass is 281 g/mol. The molecule has 1 aromatic carbocycles. The Morgan fingerprint density at radius 3 is 2.80 bits per heavy atom. The molecule has 0 aliphatic rings. The Morgan fingerprint density at radius 2 is 2.20 bits per heavy atom. The maximum Gasteiger partial charge on any atom is 0.260 e. The predicted octanol–water partition coefficient (Wildman–Crippen LogP) is 2.71. The van der Waals surface area contributed by atoms with E-state index in [9.17, 15) is 14.0 Å². The Morgan fingerprint density at radius 1 is 1.45 bits per heavy atom. The van der Waals surface area contributed by atoms with Gasteiger partial charge in [0.15, 0.2) is 17.7 Å². The number of aldehydes is 1. The highest BCUT2D eigenvalue weighted by Crippen LogP contribution is 2.19. The van der Waals surface area contributed by atoms with Gasteiger partial charge in [0.1, 0.15) is 6.29 Å². The van der Waals surface area contributed by atoms with Crippen molar-refractivity contribution in [3.63, 3.8) is 0 Å². The van der Waals surface area contributed by atoms with E-state index < -0.39 is 11.9 Å². The van der Waals surface area contributed by atoms with Crippen molar-refractivity contribution in [2.24, 2.45) is 0 Å². The summed E-state index contributed by atoms with van der Waals surface area (Å²) in [5.74, 6) is -0.966. The number of amides is 1. The topological polar surface area (TPSA) is 55.4 Å². The van der Waals surface area contributed by atoms with Gasteiger partial charge in [0.25, 0.3) is 5.91 Å². The van der Waals surface area contributed by atoms with Crippen LogP contribution >= 0.6 is 0 Å². The zero-order valence-corrected chi connectivity index (χ0v) is 11.8. The molecule has 1 unspecified atom stereocenters. The maximum atomic E-state index is 13.6. The third kappa shape index (κ3) is 4.99. The molecule has 0 saturated heterocycles. The minimum absolute atomic E-state index is 0.0354. The van der Waals surface area contributed by atoms with Crippen molar-refractivity contribution < 1.29 is 18.7 Å². The first-order valence-electron chi connectivity index (χ1n) is 6.77. The van der Waals surface area contributed by atoms with E-state index in [-0.39, 0.29) is 17.2 Å². The number of rotatable bonds is 8. The van der Waals surface area contributed by atoms with Crippen LogP contribution in [0.5, 0.6) is 5.75 Å². The molecule has 1 aromatic rings. The maximum absolute atomic E-state index is 13.6. The lowest BCUT2D eigenvalue weighted by Gasteiger charge is -2.15. The van der Waals surface area contributed by atoms with Crippen LogP contribution in [0.3, 0.4) is 0 Å². The lowest BCUT2D eigenvalue weighted by Crippen LogP contribution is -2.36. The van der Waals surface area contributed by atoms with Crippen LogP contribution in [0, 0.1) is 5.82 Å². The van der Waals surface area contributed by atoms with Gasteiger partial charge < -0.3 is 10.1 Å². The van der Waals surface area contributed by atoms with E-state index in [0.717, 1.165) is 25.3 Å². The van der Waals surface area contributed by atoms with Crippen molar-refractivity contribution in [1.82, 2.24) is 5.32 Å². The van der Waals surface area contributed by atoms with E-state index >= 15 is 0 Å². The lowest BCUT2D eigenvalue weighted by molar-refractivity contribution is -0.127. The standard InChI is InChI=1S/C15H20FNO3/c1-3-4-5-8-17-15(19)11(2)20-14-7-6-12(10-18)9-13(14)16/h6-7,9-11H,3-5,8H2,1-2H3,(H,17,19). The molecule has 5 heteroatoms. The molecule has 0 aliphatic heterocycles. The highest BCUT2D eigenvalue weighted by Gasteiger charge is 2.16. The molecular weight excluding hydrogens is 261 g/mol. The molecule has 0 saturated carbocycles. The number of hydrogen-bond donors (Lipinski definition) is 1. The zero-order valence-electron chi connectivity index (χ0n) is 11.8. The molecule has 1 N–H and O–H groups in total. The molecule has 0 radical (unpaired) electrons. The molecule has 1 rings (SSSR count). The van der Waals surface area contributed by atoms with Gasteiger partial charge in [-0.2, -0.15) is 0 Å². The number of nitrogens with one attached hydrogen (secondary N) is 1. The van der Waals surface area contributed by atoms with E-state index in [2.05, 4.69) is 12.2 Å². The van der Waals surface area contributed by atoms with Crippen LogP contribution in [0.1, 0.15) is 43.5 Å². The minimum Gasteiger partial charge on any atom is -0.478 e. The smallest absolute Gasteiger partial charge is 0.260 e. The van der Waals surface area contributed by atoms with Gasteiger partial charge in [-0.3, -0.25) is 9.59 Å². The van der Waals surface area contributed by atoms with Crippen molar-refractivity contribution >= 4 is 12.2 Å². The van der Waals surface area contributed by atoms with Gasteiger partial charge in [0, 0.05) is 12.1 Å². The van der Waals surface area contributed by atoms with Gasteiger partial charge in [-0.05, 0) is 31.5 Å². The zero-order chi connectivity index (χ0) is 15.0. The average molecular weight is 281 g/mol. The Kier molecular flexibility index (Phi) is 6.70. The number of unbranched alkanes of at least 4 members (excludes halogenated alkanes) is 2. The molecule has 110 valence electrons. The highest BCUT2D eigenvalue weighted by molar-refractivity contribution is 5.80. The van der Waals surface area contributed by atoms with Gasteiger partial charge in [-0.25, -0.2) is 4.39 Å². The third-order valence-corrected chi connectivity index (χ3v) is 2.84. The summed E-state index contributed by atoms with van der Waals surface area (Å²) in [6.45, 7) is 4.23. The molecular formula is C15H20FNO3. The van der Waals surface area contributed by atoms with Crippen molar-refractivity contribution in [3.05, 3.63) is 29.6 Å². The van der Waals surface area contributed by atoms with Crippen LogP contribution in [-0.2, 0) is 4.79 Å². The molecule has 0 fully saturated rings. The minimum atomic E-state index is -0.784. The summed E-state index contributed by atoms with van der Waals surface area (Å²) in [7, 11) is 0. The normalized spacial score (nSPS) is 11.8. The van der Waals surface area contributed by atoms with Gasteiger partial charge in [0.05, 0.1) is 0 Å². The molecule has 0 spiro atoms. The number of ether oxygens (including phenoxy) is 1. The molecule has 20 heavy (non-hydrogen) atoms. The second kappa shape index (κ2) is 8.30. The molecule has 0 heterocycles. The second-order valence-corrected chi connectivity index (χ2v) is 4.57. The number of halogens is 1. The van der Waals surface area contributed by atoms with Crippen LogP contribution in [0.2, 0.25) is 0 Å². The molecule has 0 bridgehead atoms. The second-order valence-electron chi connectivity index (χ2n) is 4.57. The summed E-state index contributed by atoms with van der Waals surface area (Å²) < 4.78 is 18.9. The number of hydrogen-bond acceptors (Lipinski definition) is 3. The number of carbonyl (C=O) groups is 2. The van der Waals surface area contributed by atoms with E-state index in [1.165, 1.54) is 12.1 Å². The fourth-order valence-corrected chi connectivity index (χ4v) is 1.66. The van der Waals surface area contributed by atoms with Crippen molar-refractivity contribution in [1.29, 1.82) is 0 Å². The van der Waals surface area contributed by atoms with Crippen molar-refractivity contribution in [2.45, 2.75) is 39.2 Å². The predicted molar refractivity (Wildman–Crippen MR) is 74.4 cm³/mol. The summed E-state index contributed by atoms with van der Waals surface area (Å²) in [5, 5.41) is 2.74. The summed E-state index contributed by atoms with van der Waals surface area (Å²) in [6.07, 6.45) is 2.81. The van der Waals surface area contributed by atoms with Crippen LogP contribution < -0.4 is 10.1 Å². The largest absolute Gasteiger partial charge is 0.478 e. The van der Waals surface area contributed by atoms with Crippen molar-refractivity contribution in [3.8, 4) is 5.75 Å². The van der Waals surface area contributed by atoms with Gasteiger partial charge in [-0.15, -0.1) is 0 Å². The Balaban J connectivity index is 2.50. The van der Waals surface area contributed by atoms with Crippen LogP contribution in [0.4, 0.5) is 4.39 Å². The molecule has 1 amide bonds. The quantitative estimate of drug-likeness (QED) is 0.589. The van der Waals surface area contributed by atoms with E-state index in [1.807, 2.05) is 0 Å². The van der Waals surface area contributed by atoms with E-state index in [4.69, 9.17) is 4.74 Å². The summed E-state index contributed by atoms with van der Waals surface area (Å²) in [6, 6.07) is 3.87. The molecule has 4 nitrogen and oxygen atoms in total. The van der Waals surface area contributed by atoms with E-state index in [0.29, 0.717) is 12.8 Å². The summed E-state index contributed by atoms with van der Waals surface area (Å²) in [4.78, 5) is 22.2. The van der Waals surface area contributed by atoms with Crippen LogP contribution in [0.15, 0.2) is 18.2 Å². The Bertz CT molecular complexity index is 462. The Labute approximate surface area is 118 Å². The first kappa shape index (κ1) is 16.1. The SMILES string of the molecule is CCCCCNC(=O)C(C)Oc1ccc(C=O)cc1F. The third-order valence-electron chi connectivity index (χ3n) is 2.84. The molecule has 1 atom stereocenters. The summed E-state index contributed by atoms with van der Waals surface area (Å²) in [5.41, 5.74) is 0.228. The number of benzene rings is 1. The van der Waals surface area contributed by atoms with Crippen molar-refractivity contribution in [2.75, 3.05) is 6.54 Å². The van der Waals surface area contributed by atoms with Gasteiger partial charge in [0.2, 0.25) is 0 Å². The fourth-order valence-electron chi connectivity index (χ4n) is 1.66.